The Morgan fingerprint density at radius 3 is 2.11 bits per heavy atom. The van der Waals surface area contributed by atoms with Gasteiger partial charge in [0.05, 0.1) is 20.8 Å². The lowest BCUT2D eigenvalue weighted by Crippen LogP contribution is -2.29. The zero-order chi connectivity index (χ0) is 26.0. The van der Waals surface area contributed by atoms with Crippen LogP contribution in [0.1, 0.15) is 11.7 Å². The monoisotopic (exact) mass is 496 g/mol. The number of hydrogen-bond acceptors (Lipinski definition) is 10. The summed E-state index contributed by atoms with van der Waals surface area (Å²) in [4.78, 5) is 12.6. The van der Waals surface area contributed by atoms with Gasteiger partial charge >= 0.3 is 0 Å². The van der Waals surface area contributed by atoms with Crippen molar-refractivity contribution in [2.75, 3.05) is 20.8 Å². The second-order valence-corrected chi connectivity index (χ2v) is 7.90. The van der Waals surface area contributed by atoms with E-state index in [1.165, 1.54) is 62.8 Å². The van der Waals surface area contributed by atoms with Gasteiger partial charge in [0, 0.05) is 23.8 Å². The van der Waals surface area contributed by atoms with Crippen molar-refractivity contribution in [1.82, 2.24) is 0 Å². The maximum absolute atomic E-state index is 12.6. The highest BCUT2D eigenvalue weighted by Gasteiger charge is 2.26. The third-order valence-corrected chi connectivity index (χ3v) is 5.58. The molecule has 10 heteroatoms. The van der Waals surface area contributed by atoms with E-state index in [-0.39, 0.29) is 45.5 Å². The highest BCUT2D eigenvalue weighted by Crippen LogP contribution is 2.43. The summed E-state index contributed by atoms with van der Waals surface area (Å²) in [6.07, 6.45) is -2.36. The van der Waals surface area contributed by atoms with Gasteiger partial charge in [0.25, 0.3) is 0 Å². The van der Waals surface area contributed by atoms with Crippen LogP contribution in [-0.2, 0) is 0 Å². The molecule has 0 saturated heterocycles. The van der Waals surface area contributed by atoms with Crippen molar-refractivity contribution in [2.45, 2.75) is 12.2 Å². The summed E-state index contributed by atoms with van der Waals surface area (Å²) in [6.45, 7) is -0.553. The van der Waals surface area contributed by atoms with E-state index in [0.717, 1.165) is 6.07 Å². The van der Waals surface area contributed by atoms with Crippen LogP contribution in [0.4, 0.5) is 0 Å². The Labute approximate surface area is 204 Å². The topological polar surface area (TPSA) is 159 Å². The molecule has 0 spiro atoms. The van der Waals surface area contributed by atoms with E-state index in [1.807, 2.05) is 0 Å². The van der Waals surface area contributed by atoms with Gasteiger partial charge in [-0.05, 0) is 29.8 Å². The smallest absolute Gasteiger partial charge is 0.204 e. The fraction of sp³-hybridized carbons (Fsp3) is 0.192. The van der Waals surface area contributed by atoms with Gasteiger partial charge in [-0.2, -0.15) is 0 Å². The number of aliphatic hydroxyl groups is 2. The van der Waals surface area contributed by atoms with Gasteiger partial charge in [0.1, 0.15) is 40.1 Å². The molecule has 2 atom stereocenters. The van der Waals surface area contributed by atoms with Gasteiger partial charge in [-0.3, -0.25) is 4.79 Å². The number of ether oxygens (including phenoxy) is 3. The summed E-state index contributed by atoms with van der Waals surface area (Å²) in [5, 5.41) is 49.8. The molecule has 0 aliphatic heterocycles. The molecule has 4 rings (SSSR count). The molecule has 188 valence electrons. The summed E-state index contributed by atoms with van der Waals surface area (Å²) in [5.41, 5.74) is 0.216. The third kappa shape index (κ3) is 4.72. The molecule has 36 heavy (non-hydrogen) atoms. The van der Waals surface area contributed by atoms with Crippen LogP contribution in [0.3, 0.4) is 0 Å². The normalized spacial score (nSPS) is 12.8. The predicted molar refractivity (Wildman–Crippen MR) is 129 cm³/mol. The number of benzene rings is 3. The highest BCUT2D eigenvalue weighted by molar-refractivity contribution is 5.86. The first-order chi connectivity index (χ1) is 17.2. The van der Waals surface area contributed by atoms with E-state index in [0.29, 0.717) is 11.1 Å². The lowest BCUT2D eigenvalue weighted by molar-refractivity contribution is -0.00164. The van der Waals surface area contributed by atoms with Gasteiger partial charge < -0.3 is 44.2 Å². The molecule has 5 N–H and O–H groups in total. The average Bonchev–Trinajstić information content (AvgIpc) is 2.86. The molecular weight excluding hydrogens is 472 g/mol. The molecular formula is C26H24O10. The quantitative estimate of drug-likeness (QED) is 0.245. The maximum Gasteiger partial charge on any atom is 0.204 e. The van der Waals surface area contributed by atoms with Crippen LogP contribution >= 0.6 is 0 Å². The third-order valence-electron chi connectivity index (χ3n) is 5.58. The van der Waals surface area contributed by atoms with E-state index < -0.39 is 30.0 Å². The van der Waals surface area contributed by atoms with Gasteiger partial charge in [-0.15, -0.1) is 0 Å². The van der Waals surface area contributed by atoms with Crippen molar-refractivity contribution < 1.29 is 44.2 Å². The number of phenols is 3. The highest BCUT2D eigenvalue weighted by atomic mass is 16.6. The number of rotatable bonds is 8. The standard InChI is InChI=1S/C26H24O10/c1-33-21-7-14(19-11-18(31)24-17(30)9-16(29)10-20(24)35-19)8-22(34-2)26(21)36-23(12-27)25(32)13-3-5-15(28)6-4-13/h3-11,23,25,27-30,32H,12H2,1-2H3/t23-,25?/m0/s1. The molecule has 10 nitrogen and oxygen atoms in total. The lowest BCUT2D eigenvalue weighted by Gasteiger charge is -2.25. The molecule has 0 aliphatic carbocycles. The van der Waals surface area contributed by atoms with Gasteiger partial charge in [0.2, 0.25) is 5.75 Å². The van der Waals surface area contributed by atoms with E-state index in [9.17, 15) is 30.3 Å². The average molecular weight is 496 g/mol. The number of aliphatic hydroxyl groups excluding tert-OH is 2. The molecule has 3 aromatic carbocycles. The fourth-order valence-corrected chi connectivity index (χ4v) is 3.77. The summed E-state index contributed by atoms with van der Waals surface area (Å²) >= 11 is 0. The van der Waals surface area contributed by atoms with E-state index in [1.54, 1.807) is 0 Å². The van der Waals surface area contributed by atoms with Crippen LogP contribution < -0.4 is 19.6 Å². The number of fused-ring (bicyclic) bond motifs is 1. The summed E-state index contributed by atoms with van der Waals surface area (Å²) in [5.74, 6) is -0.169. The molecule has 0 aliphatic rings. The second-order valence-electron chi connectivity index (χ2n) is 7.90. The van der Waals surface area contributed by atoms with Crippen molar-refractivity contribution in [1.29, 1.82) is 0 Å². The van der Waals surface area contributed by atoms with Crippen molar-refractivity contribution in [3.63, 3.8) is 0 Å². The zero-order valence-electron chi connectivity index (χ0n) is 19.3. The maximum atomic E-state index is 12.6. The summed E-state index contributed by atoms with van der Waals surface area (Å²) in [7, 11) is 2.75. The Bertz CT molecular complexity index is 1420. The lowest BCUT2D eigenvalue weighted by atomic mass is 10.0. The predicted octanol–water partition coefficient (Wildman–Crippen LogP) is 3.07. The molecule has 4 aromatic rings. The summed E-state index contributed by atoms with van der Waals surface area (Å²) in [6, 6.07) is 12.3. The van der Waals surface area contributed by atoms with E-state index >= 15 is 0 Å². The number of methoxy groups -OCH3 is 2. The van der Waals surface area contributed by atoms with Crippen LogP contribution in [0.2, 0.25) is 0 Å². The molecule has 1 aromatic heterocycles. The SMILES string of the molecule is COc1cc(-c2cc(=O)c3c(O)cc(O)cc3o2)cc(OC)c1O[C@@H](CO)C(O)c1ccc(O)cc1. The van der Waals surface area contributed by atoms with Gasteiger partial charge in [0.15, 0.2) is 23.0 Å². The Balaban J connectivity index is 1.75. The van der Waals surface area contributed by atoms with Crippen LogP contribution in [0.5, 0.6) is 34.5 Å². The minimum Gasteiger partial charge on any atom is -0.508 e. The number of hydrogen-bond donors (Lipinski definition) is 5. The van der Waals surface area contributed by atoms with Crippen molar-refractivity contribution in [3.05, 3.63) is 70.4 Å². The first-order valence-electron chi connectivity index (χ1n) is 10.8. The number of aromatic hydroxyl groups is 3. The zero-order valence-corrected chi connectivity index (χ0v) is 19.3. The van der Waals surface area contributed by atoms with E-state index in [4.69, 9.17) is 18.6 Å². The largest absolute Gasteiger partial charge is 0.508 e. The Kier molecular flexibility index (Phi) is 6.91. The number of phenolic OH excluding ortho intramolecular Hbond substituents is 3. The van der Waals surface area contributed by atoms with Crippen molar-refractivity contribution in [3.8, 4) is 45.8 Å². The molecule has 1 heterocycles. The van der Waals surface area contributed by atoms with Crippen LogP contribution in [-0.4, -0.2) is 52.5 Å². The van der Waals surface area contributed by atoms with Crippen LogP contribution in [0.25, 0.3) is 22.3 Å². The Morgan fingerprint density at radius 2 is 1.53 bits per heavy atom. The molecule has 0 amide bonds. The molecule has 1 unspecified atom stereocenters. The van der Waals surface area contributed by atoms with Crippen LogP contribution in [0, 0.1) is 0 Å². The van der Waals surface area contributed by atoms with E-state index in [2.05, 4.69) is 0 Å². The second kappa shape index (κ2) is 10.1. The molecule has 0 saturated carbocycles. The van der Waals surface area contributed by atoms with Gasteiger partial charge in [-0.25, -0.2) is 0 Å². The Morgan fingerprint density at radius 1 is 0.889 bits per heavy atom. The Hall–Kier alpha value is -4.41. The first kappa shape index (κ1) is 24.7. The van der Waals surface area contributed by atoms with Gasteiger partial charge in [-0.1, -0.05) is 12.1 Å². The minimum atomic E-state index is -1.25. The molecule has 0 fully saturated rings. The molecule has 0 bridgehead atoms. The minimum absolute atomic E-state index is 0.0226. The van der Waals surface area contributed by atoms with Crippen molar-refractivity contribution >= 4 is 11.0 Å². The summed E-state index contributed by atoms with van der Waals surface area (Å²) < 4.78 is 22.6. The fourth-order valence-electron chi connectivity index (χ4n) is 3.77. The van der Waals surface area contributed by atoms with Crippen molar-refractivity contribution in [2.24, 2.45) is 0 Å². The molecule has 0 radical (unpaired) electrons. The van der Waals surface area contributed by atoms with Crippen LogP contribution in [0.15, 0.2) is 63.8 Å². The first-order valence-corrected chi connectivity index (χ1v) is 10.8.